The van der Waals surface area contributed by atoms with Gasteiger partial charge in [-0.3, -0.25) is 4.57 Å². The van der Waals surface area contributed by atoms with E-state index in [1.807, 2.05) is 24.4 Å². The number of fused-ring (bicyclic) bond motifs is 4. The molecule has 0 radical (unpaired) electrons. The minimum atomic E-state index is -0.247. The number of aromatic nitrogens is 2. The highest BCUT2D eigenvalue weighted by Gasteiger charge is 2.30. The summed E-state index contributed by atoms with van der Waals surface area (Å²) in [4.78, 5) is 9.65. The molecule has 0 unspecified atom stereocenters. The minimum Gasteiger partial charge on any atom is -0.457 e. The van der Waals surface area contributed by atoms with Gasteiger partial charge in [0.25, 0.3) is 0 Å². The van der Waals surface area contributed by atoms with E-state index in [2.05, 4.69) is 182 Å². The van der Waals surface area contributed by atoms with Crippen molar-refractivity contribution >= 4 is 44.6 Å². The molecule has 10 rings (SSSR count). The standard InChI is InChI=1S/C56H49FN4O/c1-6-37-15-14-16-38(7-2)55(37)40-31-43(59-36-60(52-22-13-12-21-51(52)59)49-19-10-8-17-46(49)39-23-25-42(57)26-24-39)34-45(32-40)62-44-27-28-48-47-18-9-11-20-50(47)61(53(48)35-44)54-33-41(29-30-58-54)56(3,4)5/h8-35H,6-7,36H2,1-5H3. The van der Waals surface area contributed by atoms with Crippen LogP contribution in [0.15, 0.2) is 170 Å². The average molecular weight is 813 g/mol. The monoisotopic (exact) mass is 812 g/mol. The van der Waals surface area contributed by atoms with Crippen LogP contribution in [0.3, 0.4) is 0 Å². The zero-order chi connectivity index (χ0) is 42.5. The molecule has 0 aliphatic carbocycles. The Labute approximate surface area is 363 Å². The van der Waals surface area contributed by atoms with Gasteiger partial charge < -0.3 is 14.5 Å². The van der Waals surface area contributed by atoms with Crippen molar-refractivity contribution in [3.8, 4) is 39.6 Å². The molecule has 0 amide bonds. The molecule has 3 heterocycles. The number of nitrogens with zero attached hydrogens (tertiary/aromatic N) is 4. The molecule has 0 bridgehead atoms. The Hall–Kier alpha value is -7.18. The number of ether oxygens (including phenoxy) is 1. The van der Waals surface area contributed by atoms with Crippen LogP contribution < -0.4 is 14.5 Å². The fourth-order valence-corrected chi connectivity index (χ4v) is 9.18. The largest absolute Gasteiger partial charge is 0.457 e. The van der Waals surface area contributed by atoms with E-state index in [-0.39, 0.29) is 11.2 Å². The summed E-state index contributed by atoms with van der Waals surface area (Å²) in [6.07, 6.45) is 3.74. The molecule has 5 nitrogen and oxygen atoms in total. The lowest BCUT2D eigenvalue weighted by Crippen LogP contribution is -2.24. The number of pyridine rings is 1. The highest BCUT2D eigenvalue weighted by Crippen LogP contribution is 2.48. The van der Waals surface area contributed by atoms with Crippen LogP contribution in [-0.4, -0.2) is 16.2 Å². The molecule has 62 heavy (non-hydrogen) atoms. The molecular formula is C56H49FN4O. The lowest BCUT2D eigenvalue weighted by atomic mass is 9.88. The number of benzene rings is 7. The van der Waals surface area contributed by atoms with Crippen molar-refractivity contribution in [2.45, 2.75) is 52.9 Å². The predicted molar refractivity (Wildman–Crippen MR) is 255 cm³/mol. The molecule has 6 heteroatoms. The molecule has 1 aliphatic rings. The Morgan fingerprint density at radius 3 is 2.00 bits per heavy atom. The van der Waals surface area contributed by atoms with Gasteiger partial charge in [0.05, 0.1) is 28.1 Å². The molecule has 7 aromatic carbocycles. The van der Waals surface area contributed by atoms with Gasteiger partial charge in [-0.15, -0.1) is 0 Å². The third-order valence-electron chi connectivity index (χ3n) is 12.3. The normalized spacial score (nSPS) is 12.7. The van der Waals surface area contributed by atoms with Gasteiger partial charge >= 0.3 is 0 Å². The van der Waals surface area contributed by atoms with Crippen LogP contribution in [0.4, 0.5) is 27.1 Å². The van der Waals surface area contributed by atoms with Crippen molar-refractivity contribution < 1.29 is 9.13 Å². The number of halogens is 1. The fraction of sp³-hybridized carbons (Fsp3) is 0.161. The Balaban J connectivity index is 1.11. The van der Waals surface area contributed by atoms with Gasteiger partial charge in [-0.2, -0.15) is 0 Å². The van der Waals surface area contributed by atoms with Crippen LogP contribution >= 0.6 is 0 Å². The van der Waals surface area contributed by atoms with Crippen LogP contribution in [0.25, 0.3) is 49.9 Å². The van der Waals surface area contributed by atoms with E-state index in [0.717, 1.165) is 86.0 Å². The summed E-state index contributed by atoms with van der Waals surface area (Å²) in [5, 5.41) is 2.31. The van der Waals surface area contributed by atoms with E-state index >= 15 is 0 Å². The summed E-state index contributed by atoms with van der Waals surface area (Å²) in [7, 11) is 0. The molecule has 2 aromatic heterocycles. The van der Waals surface area contributed by atoms with Gasteiger partial charge in [0.1, 0.15) is 29.8 Å². The Bertz CT molecular complexity index is 3100. The van der Waals surface area contributed by atoms with Crippen LogP contribution in [0, 0.1) is 5.82 Å². The third kappa shape index (κ3) is 6.95. The molecule has 0 saturated carbocycles. The Morgan fingerprint density at radius 2 is 1.26 bits per heavy atom. The zero-order valence-electron chi connectivity index (χ0n) is 35.9. The number of anilines is 4. The molecule has 0 spiro atoms. The Kier molecular flexibility index (Phi) is 9.87. The first-order chi connectivity index (χ1) is 30.2. The first kappa shape index (κ1) is 39.0. The lowest BCUT2D eigenvalue weighted by molar-refractivity contribution is 0.483. The van der Waals surface area contributed by atoms with Crippen LogP contribution in [0.2, 0.25) is 0 Å². The first-order valence-corrected chi connectivity index (χ1v) is 21.6. The van der Waals surface area contributed by atoms with E-state index in [0.29, 0.717) is 6.67 Å². The van der Waals surface area contributed by atoms with Crippen molar-refractivity contribution in [1.29, 1.82) is 0 Å². The zero-order valence-corrected chi connectivity index (χ0v) is 35.9. The average Bonchev–Trinajstić information content (AvgIpc) is 3.85. The summed E-state index contributed by atoms with van der Waals surface area (Å²) >= 11 is 0. The van der Waals surface area contributed by atoms with Gasteiger partial charge in [-0.25, -0.2) is 9.37 Å². The SMILES string of the molecule is CCc1cccc(CC)c1-c1cc(Oc2ccc3c4ccccc4n(-c4cc(C(C)(C)C)ccn4)c3c2)cc(N2CN(c3ccccc3-c3ccc(F)cc3)c3ccccc32)c1. The minimum absolute atomic E-state index is 0.0274. The van der Waals surface area contributed by atoms with E-state index in [9.17, 15) is 4.39 Å². The van der Waals surface area contributed by atoms with Crippen molar-refractivity contribution in [2.24, 2.45) is 0 Å². The molecule has 0 atom stereocenters. The van der Waals surface area contributed by atoms with Gasteiger partial charge in [0.2, 0.25) is 0 Å². The molecule has 306 valence electrons. The van der Waals surface area contributed by atoms with Crippen molar-refractivity contribution in [1.82, 2.24) is 9.55 Å². The van der Waals surface area contributed by atoms with Crippen molar-refractivity contribution in [2.75, 3.05) is 16.5 Å². The maximum atomic E-state index is 14.1. The number of aryl methyl sites for hydroxylation is 2. The quantitative estimate of drug-likeness (QED) is 0.145. The van der Waals surface area contributed by atoms with E-state index in [4.69, 9.17) is 9.72 Å². The third-order valence-corrected chi connectivity index (χ3v) is 12.3. The second kappa shape index (κ2) is 15.7. The van der Waals surface area contributed by atoms with Gasteiger partial charge in [0, 0.05) is 40.4 Å². The highest BCUT2D eigenvalue weighted by molar-refractivity contribution is 6.09. The number of para-hydroxylation sites is 4. The molecular weight excluding hydrogens is 764 g/mol. The van der Waals surface area contributed by atoms with E-state index in [1.54, 1.807) is 0 Å². The maximum absolute atomic E-state index is 14.1. The van der Waals surface area contributed by atoms with Gasteiger partial charge in [-0.05, 0) is 124 Å². The topological polar surface area (TPSA) is 33.5 Å². The smallest absolute Gasteiger partial charge is 0.137 e. The molecule has 0 fully saturated rings. The first-order valence-electron chi connectivity index (χ1n) is 21.6. The van der Waals surface area contributed by atoms with E-state index in [1.165, 1.54) is 39.8 Å². The fourth-order valence-electron chi connectivity index (χ4n) is 9.18. The van der Waals surface area contributed by atoms with Gasteiger partial charge in [-0.1, -0.05) is 113 Å². The van der Waals surface area contributed by atoms with E-state index < -0.39 is 0 Å². The molecule has 1 aliphatic heterocycles. The van der Waals surface area contributed by atoms with Crippen LogP contribution in [0.5, 0.6) is 11.5 Å². The summed E-state index contributed by atoms with van der Waals surface area (Å²) in [6, 6.07) is 56.4. The second-order valence-corrected chi connectivity index (χ2v) is 17.2. The van der Waals surface area contributed by atoms with Crippen LogP contribution in [-0.2, 0) is 18.3 Å². The van der Waals surface area contributed by atoms with Gasteiger partial charge in [0.15, 0.2) is 0 Å². The predicted octanol–water partition coefficient (Wildman–Crippen LogP) is 15.1. The Morgan fingerprint density at radius 1 is 0.581 bits per heavy atom. The lowest BCUT2D eigenvalue weighted by Gasteiger charge is -2.25. The molecule has 9 aromatic rings. The maximum Gasteiger partial charge on any atom is 0.137 e. The summed E-state index contributed by atoms with van der Waals surface area (Å²) in [6.45, 7) is 11.7. The highest BCUT2D eigenvalue weighted by atomic mass is 19.1. The summed E-state index contributed by atoms with van der Waals surface area (Å²) < 4.78 is 23.4. The summed E-state index contributed by atoms with van der Waals surface area (Å²) in [5.74, 6) is 2.13. The van der Waals surface area contributed by atoms with Crippen LogP contribution in [0.1, 0.15) is 51.3 Å². The van der Waals surface area contributed by atoms with Crippen molar-refractivity contribution in [3.63, 3.8) is 0 Å². The number of hydrogen-bond donors (Lipinski definition) is 0. The summed E-state index contributed by atoms with van der Waals surface area (Å²) in [5.41, 5.74) is 14.6. The molecule has 0 N–H and O–H groups in total. The molecule has 0 saturated heterocycles. The number of hydrogen-bond acceptors (Lipinski definition) is 4. The number of rotatable bonds is 9. The second-order valence-electron chi connectivity index (χ2n) is 17.2. The van der Waals surface area contributed by atoms with Crippen molar-refractivity contribution in [3.05, 3.63) is 192 Å².